The lowest BCUT2D eigenvalue weighted by molar-refractivity contribution is -0.177. The summed E-state index contributed by atoms with van der Waals surface area (Å²) in [5.41, 5.74) is 0. The van der Waals surface area contributed by atoms with Gasteiger partial charge in [0.2, 0.25) is 0 Å². The molecule has 0 unspecified atom stereocenters. The number of amides is 2. The molecule has 0 saturated carbocycles. The van der Waals surface area contributed by atoms with Crippen molar-refractivity contribution < 1.29 is 14.4 Å². The molecule has 1 aliphatic rings. The Morgan fingerprint density at radius 2 is 2.24 bits per heavy atom. The molecule has 17 heavy (non-hydrogen) atoms. The molecule has 1 aromatic rings. The van der Waals surface area contributed by atoms with E-state index < -0.39 is 0 Å². The lowest BCUT2D eigenvalue weighted by atomic mass is 9.99. The summed E-state index contributed by atoms with van der Waals surface area (Å²) >= 11 is 1.42. The van der Waals surface area contributed by atoms with Crippen molar-refractivity contribution in [2.75, 3.05) is 27.2 Å². The molecular weight excluding hydrogens is 240 g/mol. The maximum Gasteiger partial charge on any atom is 0.263 e. The van der Waals surface area contributed by atoms with Crippen molar-refractivity contribution in [2.24, 2.45) is 5.92 Å². The van der Waals surface area contributed by atoms with Gasteiger partial charge in [0.05, 0.1) is 17.9 Å². The normalized spacial score (nSPS) is 15.5. The number of nitrogens with zero attached hydrogens (tertiary/aromatic N) is 2. The molecule has 1 saturated heterocycles. The zero-order valence-corrected chi connectivity index (χ0v) is 10.6. The molecule has 0 aliphatic carbocycles. The fourth-order valence-electron chi connectivity index (χ4n) is 1.70. The smallest absolute Gasteiger partial charge is 0.263 e. The quantitative estimate of drug-likeness (QED) is 0.751. The minimum atomic E-state index is -0.135. The molecule has 0 radical (unpaired) electrons. The third-order valence-electron chi connectivity index (χ3n) is 2.83. The predicted molar refractivity (Wildman–Crippen MR) is 63.5 cm³/mol. The fraction of sp³-hybridized carbons (Fsp3) is 0.455. The van der Waals surface area contributed by atoms with Crippen LogP contribution < -0.4 is 0 Å². The molecule has 1 aliphatic heterocycles. The SMILES string of the molecule is CON(C)C(=O)C1CN(C(=O)c2cccs2)C1. The number of carbonyl (C=O) groups is 2. The Bertz CT molecular complexity index is 412. The first kappa shape index (κ1) is 12.1. The lowest BCUT2D eigenvalue weighted by Crippen LogP contribution is -2.55. The van der Waals surface area contributed by atoms with Gasteiger partial charge >= 0.3 is 0 Å². The summed E-state index contributed by atoms with van der Waals surface area (Å²) in [6.07, 6.45) is 0. The van der Waals surface area contributed by atoms with Crippen LogP contribution in [0.25, 0.3) is 0 Å². The van der Waals surface area contributed by atoms with Gasteiger partial charge in [-0.3, -0.25) is 14.4 Å². The first-order valence-electron chi connectivity index (χ1n) is 5.28. The van der Waals surface area contributed by atoms with Gasteiger partial charge in [-0.25, -0.2) is 5.06 Å². The first-order chi connectivity index (χ1) is 8.13. The number of hydrogen-bond acceptors (Lipinski definition) is 4. The van der Waals surface area contributed by atoms with E-state index in [-0.39, 0.29) is 17.7 Å². The van der Waals surface area contributed by atoms with Gasteiger partial charge in [0, 0.05) is 20.1 Å². The second kappa shape index (κ2) is 4.85. The van der Waals surface area contributed by atoms with Gasteiger partial charge in [0.15, 0.2) is 0 Å². The second-order valence-corrected chi connectivity index (χ2v) is 4.85. The number of hydrogen-bond donors (Lipinski definition) is 0. The Labute approximate surface area is 104 Å². The van der Waals surface area contributed by atoms with Crippen molar-refractivity contribution in [3.63, 3.8) is 0 Å². The molecule has 0 bridgehead atoms. The highest BCUT2D eigenvalue weighted by Crippen LogP contribution is 2.22. The van der Waals surface area contributed by atoms with E-state index in [1.165, 1.54) is 23.5 Å². The highest BCUT2D eigenvalue weighted by Gasteiger charge is 2.37. The third kappa shape index (κ3) is 2.32. The summed E-state index contributed by atoms with van der Waals surface area (Å²) < 4.78 is 0. The van der Waals surface area contributed by atoms with Crippen LogP contribution in [0.5, 0.6) is 0 Å². The largest absolute Gasteiger partial charge is 0.336 e. The Kier molecular flexibility index (Phi) is 3.44. The highest BCUT2D eigenvalue weighted by molar-refractivity contribution is 7.12. The zero-order chi connectivity index (χ0) is 12.4. The van der Waals surface area contributed by atoms with Gasteiger partial charge in [-0.15, -0.1) is 11.3 Å². The van der Waals surface area contributed by atoms with Gasteiger partial charge in [-0.05, 0) is 11.4 Å². The maximum absolute atomic E-state index is 11.9. The van der Waals surface area contributed by atoms with Crippen molar-refractivity contribution >= 4 is 23.2 Å². The molecule has 92 valence electrons. The Morgan fingerprint density at radius 3 is 2.76 bits per heavy atom. The summed E-state index contributed by atoms with van der Waals surface area (Å²) in [4.78, 5) is 30.8. The summed E-state index contributed by atoms with van der Waals surface area (Å²) in [6.45, 7) is 0.951. The first-order valence-corrected chi connectivity index (χ1v) is 6.16. The number of thiophene rings is 1. The molecule has 2 amide bonds. The van der Waals surface area contributed by atoms with Crippen molar-refractivity contribution in [2.45, 2.75) is 0 Å². The average molecular weight is 254 g/mol. The monoisotopic (exact) mass is 254 g/mol. The van der Waals surface area contributed by atoms with E-state index in [1.54, 1.807) is 18.0 Å². The van der Waals surface area contributed by atoms with E-state index >= 15 is 0 Å². The highest BCUT2D eigenvalue weighted by atomic mass is 32.1. The van der Waals surface area contributed by atoms with Crippen LogP contribution in [-0.2, 0) is 9.63 Å². The molecule has 2 heterocycles. The number of likely N-dealkylation sites (tertiary alicyclic amines) is 1. The Morgan fingerprint density at radius 1 is 1.53 bits per heavy atom. The molecular formula is C11H14N2O3S. The maximum atomic E-state index is 11.9. The van der Waals surface area contributed by atoms with E-state index in [1.807, 2.05) is 11.4 Å². The van der Waals surface area contributed by atoms with Crippen LogP contribution in [0, 0.1) is 5.92 Å². The zero-order valence-electron chi connectivity index (χ0n) is 9.75. The molecule has 1 aromatic heterocycles. The van der Waals surface area contributed by atoms with Crippen molar-refractivity contribution in [1.29, 1.82) is 0 Å². The van der Waals surface area contributed by atoms with Crippen LogP contribution >= 0.6 is 11.3 Å². The molecule has 0 spiro atoms. The Balaban J connectivity index is 1.87. The summed E-state index contributed by atoms with van der Waals surface area (Å²) in [7, 11) is 3.03. The molecule has 0 atom stereocenters. The molecule has 0 aromatic carbocycles. The van der Waals surface area contributed by atoms with Gasteiger partial charge in [-0.1, -0.05) is 6.07 Å². The fourth-order valence-corrected chi connectivity index (χ4v) is 2.39. The lowest BCUT2D eigenvalue weighted by Gasteiger charge is -2.39. The van der Waals surface area contributed by atoms with Crippen LogP contribution in [0.1, 0.15) is 9.67 Å². The van der Waals surface area contributed by atoms with E-state index in [0.717, 1.165) is 4.88 Å². The second-order valence-electron chi connectivity index (χ2n) is 3.90. The minimum Gasteiger partial charge on any atom is -0.336 e. The standard InChI is InChI=1S/C11H14N2O3S/c1-12(16-2)10(14)8-6-13(7-8)11(15)9-4-3-5-17-9/h3-5,8H,6-7H2,1-2H3. The summed E-state index contributed by atoms with van der Waals surface area (Å²) in [5, 5.41) is 3.08. The minimum absolute atomic E-state index is 0.00381. The average Bonchev–Trinajstić information content (AvgIpc) is 2.78. The third-order valence-corrected chi connectivity index (χ3v) is 3.69. The molecule has 2 rings (SSSR count). The van der Waals surface area contributed by atoms with Crippen molar-refractivity contribution in [3.8, 4) is 0 Å². The molecule has 6 heteroatoms. The summed E-state index contributed by atoms with van der Waals surface area (Å²) in [5.74, 6) is -0.212. The van der Waals surface area contributed by atoms with Gasteiger partial charge in [-0.2, -0.15) is 0 Å². The van der Waals surface area contributed by atoms with Crippen LogP contribution in [0.15, 0.2) is 17.5 Å². The summed E-state index contributed by atoms with van der Waals surface area (Å²) in [6, 6.07) is 3.64. The number of rotatable bonds is 3. The van der Waals surface area contributed by atoms with Gasteiger partial charge in [0.1, 0.15) is 0 Å². The van der Waals surface area contributed by atoms with Crippen LogP contribution in [-0.4, -0.2) is 49.0 Å². The molecule has 1 fully saturated rings. The van der Waals surface area contributed by atoms with Gasteiger partial charge < -0.3 is 4.90 Å². The number of carbonyl (C=O) groups excluding carboxylic acids is 2. The van der Waals surface area contributed by atoms with E-state index in [4.69, 9.17) is 4.84 Å². The van der Waals surface area contributed by atoms with E-state index in [9.17, 15) is 9.59 Å². The van der Waals surface area contributed by atoms with E-state index in [2.05, 4.69) is 0 Å². The topological polar surface area (TPSA) is 49.9 Å². The van der Waals surface area contributed by atoms with Crippen molar-refractivity contribution in [3.05, 3.63) is 22.4 Å². The van der Waals surface area contributed by atoms with Crippen LogP contribution in [0.4, 0.5) is 0 Å². The number of hydroxylamine groups is 2. The van der Waals surface area contributed by atoms with Crippen molar-refractivity contribution in [1.82, 2.24) is 9.96 Å². The van der Waals surface area contributed by atoms with E-state index in [0.29, 0.717) is 13.1 Å². The molecule has 0 N–H and O–H groups in total. The van der Waals surface area contributed by atoms with Gasteiger partial charge in [0.25, 0.3) is 11.8 Å². The Hall–Kier alpha value is -1.40. The van der Waals surface area contributed by atoms with Crippen LogP contribution in [0.3, 0.4) is 0 Å². The predicted octanol–water partition coefficient (Wildman–Crippen LogP) is 0.840. The molecule has 5 nitrogen and oxygen atoms in total. The van der Waals surface area contributed by atoms with Crippen LogP contribution in [0.2, 0.25) is 0 Å².